The Hall–Kier alpha value is -2.28. The first-order valence-electron chi connectivity index (χ1n) is 5.46. The summed E-state index contributed by atoms with van der Waals surface area (Å²) < 4.78 is 0. The minimum atomic E-state index is -0.487. The van der Waals surface area contributed by atoms with Crippen molar-refractivity contribution in [2.75, 3.05) is 5.32 Å². The van der Waals surface area contributed by atoms with Crippen molar-refractivity contribution in [2.45, 2.75) is 13.8 Å². The number of hydrogen-bond donors (Lipinski definition) is 1. The first kappa shape index (κ1) is 13.2. The summed E-state index contributed by atoms with van der Waals surface area (Å²) in [5, 5.41) is 13.8. The van der Waals surface area contributed by atoms with Crippen LogP contribution in [0.25, 0.3) is 0 Å². The van der Waals surface area contributed by atoms with Gasteiger partial charge in [-0.3, -0.25) is 20.2 Å². The van der Waals surface area contributed by atoms with Gasteiger partial charge in [-0.15, -0.1) is 11.3 Å². The summed E-state index contributed by atoms with van der Waals surface area (Å²) in [5.74, 6) is -0.318. The largest absolute Gasteiger partial charge is 0.298 e. The molecule has 0 radical (unpaired) electrons. The summed E-state index contributed by atoms with van der Waals surface area (Å²) in [7, 11) is 0. The molecule has 1 aromatic heterocycles. The quantitative estimate of drug-likeness (QED) is 0.690. The number of anilines is 1. The van der Waals surface area contributed by atoms with Crippen LogP contribution in [0.5, 0.6) is 0 Å². The molecular formula is C12H11N3O3S. The first-order valence-corrected chi connectivity index (χ1v) is 6.28. The zero-order valence-electron chi connectivity index (χ0n) is 10.3. The van der Waals surface area contributed by atoms with Crippen LogP contribution >= 0.6 is 11.3 Å². The second-order valence-corrected chi connectivity index (χ2v) is 5.22. The summed E-state index contributed by atoms with van der Waals surface area (Å²) in [6, 6.07) is 4.14. The highest BCUT2D eigenvalue weighted by molar-refractivity contribution is 7.15. The van der Waals surface area contributed by atoms with Gasteiger partial charge in [-0.2, -0.15) is 0 Å². The molecule has 1 aromatic carbocycles. The number of aromatic nitrogens is 1. The lowest BCUT2D eigenvalue weighted by atomic mass is 10.1. The number of amides is 1. The Morgan fingerprint density at radius 1 is 1.42 bits per heavy atom. The van der Waals surface area contributed by atoms with Gasteiger partial charge in [-0.05, 0) is 25.5 Å². The van der Waals surface area contributed by atoms with Crippen LogP contribution in [0.3, 0.4) is 0 Å². The number of hydrogen-bond acceptors (Lipinski definition) is 5. The molecule has 0 bridgehead atoms. The van der Waals surface area contributed by atoms with Crippen molar-refractivity contribution in [3.8, 4) is 0 Å². The third kappa shape index (κ3) is 2.94. The number of carbonyl (C=O) groups is 1. The maximum Gasteiger partial charge on any atom is 0.269 e. The third-order valence-corrected chi connectivity index (χ3v) is 3.34. The van der Waals surface area contributed by atoms with Gasteiger partial charge in [0.25, 0.3) is 11.6 Å². The van der Waals surface area contributed by atoms with E-state index in [0.717, 1.165) is 4.88 Å². The molecule has 0 fully saturated rings. The van der Waals surface area contributed by atoms with Crippen molar-refractivity contribution in [1.29, 1.82) is 0 Å². The normalized spacial score (nSPS) is 10.2. The fraction of sp³-hybridized carbons (Fsp3) is 0.167. The molecule has 2 rings (SSSR count). The summed E-state index contributed by atoms with van der Waals surface area (Å²) >= 11 is 1.37. The Labute approximate surface area is 113 Å². The van der Waals surface area contributed by atoms with Gasteiger partial charge in [0.2, 0.25) is 0 Å². The van der Waals surface area contributed by atoms with Gasteiger partial charge in [0.1, 0.15) is 0 Å². The molecule has 1 amide bonds. The molecule has 1 N–H and O–H groups in total. The predicted molar refractivity (Wildman–Crippen MR) is 72.6 cm³/mol. The fourth-order valence-electron chi connectivity index (χ4n) is 1.59. The summed E-state index contributed by atoms with van der Waals surface area (Å²) in [6.45, 7) is 3.56. The van der Waals surface area contributed by atoms with Crippen molar-refractivity contribution < 1.29 is 9.72 Å². The molecule has 0 unspecified atom stereocenters. The second-order valence-electron chi connectivity index (χ2n) is 3.99. The monoisotopic (exact) mass is 277 g/mol. The van der Waals surface area contributed by atoms with Gasteiger partial charge in [0.05, 0.1) is 4.92 Å². The fourth-order valence-corrected chi connectivity index (χ4v) is 2.25. The highest BCUT2D eigenvalue weighted by Crippen LogP contribution is 2.20. The van der Waals surface area contributed by atoms with Gasteiger partial charge in [-0.1, -0.05) is 0 Å². The predicted octanol–water partition coefficient (Wildman–Crippen LogP) is 2.92. The van der Waals surface area contributed by atoms with Gasteiger partial charge >= 0.3 is 0 Å². The molecule has 0 spiro atoms. The first-order chi connectivity index (χ1) is 8.97. The third-order valence-electron chi connectivity index (χ3n) is 2.51. The lowest BCUT2D eigenvalue weighted by Gasteiger charge is -2.05. The lowest BCUT2D eigenvalue weighted by molar-refractivity contribution is -0.384. The second kappa shape index (κ2) is 5.15. The van der Waals surface area contributed by atoms with Crippen LogP contribution in [0.15, 0.2) is 24.4 Å². The Balaban J connectivity index is 2.22. The topological polar surface area (TPSA) is 85.1 Å². The molecule has 0 atom stereocenters. The van der Waals surface area contributed by atoms with Crippen molar-refractivity contribution in [3.05, 3.63) is 50.5 Å². The molecule has 0 aliphatic rings. The highest BCUT2D eigenvalue weighted by atomic mass is 32.1. The number of rotatable bonds is 3. The smallest absolute Gasteiger partial charge is 0.269 e. The zero-order valence-corrected chi connectivity index (χ0v) is 11.2. The van der Waals surface area contributed by atoms with Crippen molar-refractivity contribution in [3.63, 3.8) is 0 Å². The molecule has 0 saturated heterocycles. The minimum Gasteiger partial charge on any atom is -0.298 e. The van der Waals surface area contributed by atoms with Crippen LogP contribution in [0.2, 0.25) is 0 Å². The van der Waals surface area contributed by atoms with E-state index < -0.39 is 4.92 Å². The molecule has 1 heterocycles. The molecule has 0 aliphatic heterocycles. The average molecular weight is 277 g/mol. The van der Waals surface area contributed by atoms with Gasteiger partial charge < -0.3 is 0 Å². The minimum absolute atomic E-state index is 0.0286. The van der Waals surface area contributed by atoms with E-state index in [9.17, 15) is 14.9 Å². The Bertz CT molecular complexity index is 651. The van der Waals surface area contributed by atoms with E-state index in [-0.39, 0.29) is 11.6 Å². The summed E-state index contributed by atoms with van der Waals surface area (Å²) in [5.41, 5.74) is 0.928. The van der Waals surface area contributed by atoms with Gasteiger partial charge in [-0.25, -0.2) is 4.98 Å². The van der Waals surface area contributed by atoms with E-state index >= 15 is 0 Å². The van der Waals surface area contributed by atoms with Crippen LogP contribution in [-0.2, 0) is 0 Å². The van der Waals surface area contributed by atoms with Crippen LogP contribution in [0.1, 0.15) is 20.8 Å². The van der Waals surface area contributed by atoms with E-state index in [2.05, 4.69) is 10.3 Å². The summed E-state index contributed by atoms with van der Waals surface area (Å²) in [4.78, 5) is 27.2. The van der Waals surface area contributed by atoms with E-state index in [1.54, 1.807) is 13.1 Å². The van der Waals surface area contributed by atoms with E-state index in [1.807, 2.05) is 6.92 Å². The van der Waals surface area contributed by atoms with E-state index in [4.69, 9.17) is 0 Å². The number of non-ortho nitro benzene ring substituents is 1. The number of carbonyl (C=O) groups excluding carboxylic acids is 1. The Morgan fingerprint density at radius 2 is 2.16 bits per heavy atom. The maximum atomic E-state index is 12.0. The van der Waals surface area contributed by atoms with E-state index in [0.29, 0.717) is 16.3 Å². The molecule has 2 aromatic rings. The number of nitrogens with zero attached hydrogens (tertiary/aromatic N) is 2. The van der Waals surface area contributed by atoms with Gasteiger partial charge in [0.15, 0.2) is 5.13 Å². The molecule has 0 aliphatic carbocycles. The maximum absolute atomic E-state index is 12.0. The van der Waals surface area contributed by atoms with Crippen molar-refractivity contribution in [2.24, 2.45) is 0 Å². The molecule has 6 nitrogen and oxygen atoms in total. The van der Waals surface area contributed by atoms with Crippen LogP contribution < -0.4 is 5.32 Å². The Morgan fingerprint density at radius 3 is 2.68 bits per heavy atom. The molecule has 0 saturated carbocycles. The number of thiazole rings is 1. The Kier molecular flexibility index (Phi) is 3.57. The SMILES string of the molecule is Cc1cnc(NC(=O)c2ccc([N+](=O)[O-])cc2C)s1. The number of nitrogens with one attached hydrogen (secondary N) is 1. The molecule has 7 heteroatoms. The van der Waals surface area contributed by atoms with Crippen LogP contribution in [0, 0.1) is 24.0 Å². The average Bonchev–Trinajstić information content (AvgIpc) is 2.74. The molecular weight excluding hydrogens is 266 g/mol. The lowest BCUT2D eigenvalue weighted by Crippen LogP contribution is -2.13. The number of aryl methyl sites for hydroxylation is 2. The van der Waals surface area contributed by atoms with Gasteiger partial charge in [0, 0.05) is 28.8 Å². The summed E-state index contributed by atoms with van der Waals surface area (Å²) in [6.07, 6.45) is 1.67. The van der Waals surface area contributed by atoms with Crippen molar-refractivity contribution >= 4 is 28.1 Å². The van der Waals surface area contributed by atoms with Crippen LogP contribution in [0.4, 0.5) is 10.8 Å². The number of nitro groups is 1. The van der Waals surface area contributed by atoms with Crippen LogP contribution in [-0.4, -0.2) is 15.8 Å². The number of nitro benzene ring substituents is 1. The number of benzene rings is 1. The van der Waals surface area contributed by atoms with Crippen molar-refractivity contribution in [1.82, 2.24) is 4.98 Å². The molecule has 19 heavy (non-hydrogen) atoms. The van der Waals surface area contributed by atoms with E-state index in [1.165, 1.54) is 29.5 Å². The zero-order chi connectivity index (χ0) is 14.0. The standard InChI is InChI=1S/C12H11N3O3S/c1-7-5-9(15(17)18)3-4-10(7)11(16)14-12-13-6-8(2)19-12/h3-6H,1-2H3,(H,13,14,16). The highest BCUT2D eigenvalue weighted by Gasteiger charge is 2.14. The molecule has 98 valence electrons.